The van der Waals surface area contributed by atoms with Gasteiger partial charge in [-0.2, -0.15) is 0 Å². The topological polar surface area (TPSA) is 69.7 Å². The molecular formula is C18H22ClN3O3S. The number of anilines is 2. The molecule has 0 aliphatic carbocycles. The fourth-order valence-corrected chi connectivity index (χ4v) is 4.45. The van der Waals surface area contributed by atoms with Gasteiger partial charge in [0.1, 0.15) is 4.90 Å². The number of likely N-dealkylation sites (N-methyl/N-ethyl adjacent to an activating group) is 1. The number of hydrogen-bond donors (Lipinski definition) is 1. The van der Waals surface area contributed by atoms with E-state index in [0.29, 0.717) is 11.4 Å². The van der Waals surface area contributed by atoms with Crippen LogP contribution in [-0.4, -0.2) is 46.4 Å². The summed E-state index contributed by atoms with van der Waals surface area (Å²) < 4.78 is 27.5. The van der Waals surface area contributed by atoms with Crippen molar-refractivity contribution < 1.29 is 13.2 Å². The Labute approximate surface area is 159 Å². The van der Waals surface area contributed by atoms with Crippen LogP contribution in [0.15, 0.2) is 53.4 Å². The van der Waals surface area contributed by atoms with Gasteiger partial charge in [0, 0.05) is 12.2 Å². The zero-order valence-electron chi connectivity index (χ0n) is 14.9. The van der Waals surface area contributed by atoms with E-state index in [1.54, 1.807) is 56.3 Å². The Kier molecular flexibility index (Phi) is 6.63. The predicted molar refractivity (Wildman–Crippen MR) is 105 cm³/mol. The van der Waals surface area contributed by atoms with Crippen LogP contribution in [0.1, 0.15) is 6.92 Å². The smallest absolute Gasteiger partial charge is 0.265 e. The average molecular weight is 396 g/mol. The van der Waals surface area contributed by atoms with E-state index in [1.807, 2.05) is 6.07 Å². The highest BCUT2D eigenvalue weighted by Crippen LogP contribution is 2.30. The largest absolute Gasteiger partial charge is 0.325 e. The molecule has 0 spiro atoms. The van der Waals surface area contributed by atoms with Gasteiger partial charge in [-0.1, -0.05) is 29.8 Å². The second-order valence-electron chi connectivity index (χ2n) is 5.94. The second-order valence-corrected chi connectivity index (χ2v) is 8.17. The van der Waals surface area contributed by atoms with Crippen LogP contribution < -0.4 is 9.62 Å². The zero-order chi connectivity index (χ0) is 19.3. The molecule has 0 saturated heterocycles. The van der Waals surface area contributed by atoms with E-state index in [2.05, 4.69) is 5.32 Å². The molecule has 2 aromatic carbocycles. The number of rotatable bonds is 7. The Morgan fingerprint density at radius 2 is 1.77 bits per heavy atom. The molecular weight excluding hydrogens is 374 g/mol. The SMILES string of the molecule is CCN(c1ccccc1)S(=O)(=O)c1cc(NC(=O)CN(C)C)ccc1Cl. The summed E-state index contributed by atoms with van der Waals surface area (Å²) >= 11 is 6.16. The molecule has 2 aromatic rings. The molecule has 0 saturated carbocycles. The van der Waals surface area contributed by atoms with Crippen molar-refractivity contribution in [3.05, 3.63) is 53.6 Å². The summed E-state index contributed by atoms with van der Waals surface area (Å²) in [5.41, 5.74) is 0.928. The van der Waals surface area contributed by atoms with Crippen molar-refractivity contribution in [3.8, 4) is 0 Å². The number of hydrogen-bond acceptors (Lipinski definition) is 4. The molecule has 0 heterocycles. The minimum Gasteiger partial charge on any atom is -0.325 e. The first-order valence-corrected chi connectivity index (χ1v) is 9.89. The number of para-hydroxylation sites is 1. The number of benzene rings is 2. The van der Waals surface area contributed by atoms with Gasteiger partial charge in [0.2, 0.25) is 5.91 Å². The van der Waals surface area contributed by atoms with Crippen LogP contribution in [0.5, 0.6) is 0 Å². The van der Waals surface area contributed by atoms with Crippen LogP contribution in [0.25, 0.3) is 0 Å². The predicted octanol–water partition coefficient (Wildman–Crippen LogP) is 3.06. The van der Waals surface area contributed by atoms with Crippen LogP contribution >= 0.6 is 11.6 Å². The maximum absolute atomic E-state index is 13.1. The van der Waals surface area contributed by atoms with Crippen molar-refractivity contribution >= 4 is 38.9 Å². The van der Waals surface area contributed by atoms with Crippen molar-refractivity contribution in [2.45, 2.75) is 11.8 Å². The van der Waals surface area contributed by atoms with Crippen LogP contribution in [0.3, 0.4) is 0 Å². The highest BCUT2D eigenvalue weighted by atomic mass is 35.5. The second kappa shape index (κ2) is 8.53. The molecule has 0 radical (unpaired) electrons. The number of amides is 1. The molecule has 6 nitrogen and oxygen atoms in total. The van der Waals surface area contributed by atoms with Gasteiger partial charge in [-0.05, 0) is 51.4 Å². The van der Waals surface area contributed by atoms with Crippen LogP contribution in [0.4, 0.5) is 11.4 Å². The highest BCUT2D eigenvalue weighted by molar-refractivity contribution is 7.93. The van der Waals surface area contributed by atoms with E-state index in [-0.39, 0.29) is 28.9 Å². The lowest BCUT2D eigenvalue weighted by atomic mass is 10.3. The van der Waals surface area contributed by atoms with Crippen molar-refractivity contribution in [3.63, 3.8) is 0 Å². The molecule has 26 heavy (non-hydrogen) atoms. The molecule has 1 N–H and O–H groups in total. The summed E-state index contributed by atoms with van der Waals surface area (Å²) in [5.74, 6) is -0.240. The lowest BCUT2D eigenvalue weighted by Gasteiger charge is -2.23. The van der Waals surface area contributed by atoms with Crippen molar-refractivity contribution in [2.75, 3.05) is 36.8 Å². The minimum atomic E-state index is -3.88. The van der Waals surface area contributed by atoms with E-state index < -0.39 is 10.0 Å². The Bertz CT molecular complexity index is 871. The summed E-state index contributed by atoms with van der Waals surface area (Å²) in [6.45, 7) is 2.19. The molecule has 0 bridgehead atoms. The van der Waals surface area contributed by atoms with E-state index in [1.165, 1.54) is 16.4 Å². The van der Waals surface area contributed by atoms with Crippen molar-refractivity contribution in [1.82, 2.24) is 4.90 Å². The molecule has 2 rings (SSSR count). The van der Waals surface area contributed by atoms with Crippen molar-refractivity contribution in [1.29, 1.82) is 0 Å². The lowest BCUT2D eigenvalue weighted by Crippen LogP contribution is -2.31. The fraction of sp³-hybridized carbons (Fsp3) is 0.278. The number of nitrogens with one attached hydrogen (secondary N) is 1. The van der Waals surface area contributed by atoms with Gasteiger partial charge < -0.3 is 10.2 Å². The number of carbonyl (C=O) groups excluding carboxylic acids is 1. The third-order valence-electron chi connectivity index (χ3n) is 3.57. The summed E-state index contributed by atoms with van der Waals surface area (Å²) in [6, 6.07) is 13.2. The lowest BCUT2D eigenvalue weighted by molar-refractivity contribution is -0.116. The molecule has 0 aliphatic rings. The molecule has 8 heteroatoms. The van der Waals surface area contributed by atoms with Crippen LogP contribution in [0, 0.1) is 0 Å². The monoisotopic (exact) mass is 395 g/mol. The standard InChI is InChI=1S/C18H22ClN3O3S/c1-4-22(15-8-6-5-7-9-15)26(24,25)17-12-14(10-11-16(17)19)20-18(23)13-21(2)3/h5-12H,4,13H2,1-3H3,(H,20,23). The molecule has 0 unspecified atom stereocenters. The Morgan fingerprint density at radius 3 is 2.35 bits per heavy atom. The number of carbonyl (C=O) groups is 1. The number of halogens is 1. The third-order valence-corrected chi connectivity index (χ3v) is 5.96. The van der Waals surface area contributed by atoms with E-state index in [0.717, 1.165) is 0 Å². The summed E-state index contributed by atoms with van der Waals surface area (Å²) in [6.07, 6.45) is 0. The van der Waals surface area contributed by atoms with E-state index in [9.17, 15) is 13.2 Å². The minimum absolute atomic E-state index is 0.0486. The van der Waals surface area contributed by atoms with Gasteiger partial charge in [-0.15, -0.1) is 0 Å². The number of sulfonamides is 1. The average Bonchev–Trinajstić information content (AvgIpc) is 2.57. The first-order valence-electron chi connectivity index (χ1n) is 8.07. The van der Waals surface area contributed by atoms with Crippen molar-refractivity contribution in [2.24, 2.45) is 0 Å². The fourth-order valence-electron chi connectivity index (χ4n) is 2.47. The molecule has 140 valence electrons. The molecule has 0 aromatic heterocycles. The maximum atomic E-state index is 13.1. The Balaban J connectivity index is 2.39. The maximum Gasteiger partial charge on any atom is 0.265 e. The van der Waals surface area contributed by atoms with Crippen LogP contribution in [-0.2, 0) is 14.8 Å². The quantitative estimate of drug-likeness (QED) is 0.782. The van der Waals surface area contributed by atoms with Gasteiger partial charge in [0.25, 0.3) is 10.0 Å². The molecule has 0 atom stereocenters. The first kappa shape index (κ1) is 20.2. The summed E-state index contributed by atoms with van der Waals surface area (Å²) in [4.78, 5) is 13.6. The summed E-state index contributed by atoms with van der Waals surface area (Å²) in [7, 11) is -0.328. The van der Waals surface area contributed by atoms with Gasteiger partial charge in [-0.25, -0.2) is 8.42 Å². The number of nitrogens with zero attached hydrogens (tertiary/aromatic N) is 2. The zero-order valence-corrected chi connectivity index (χ0v) is 16.5. The Hall–Kier alpha value is -2.09. The first-order chi connectivity index (χ1) is 12.3. The van der Waals surface area contributed by atoms with E-state index in [4.69, 9.17) is 11.6 Å². The Morgan fingerprint density at radius 1 is 1.12 bits per heavy atom. The van der Waals surface area contributed by atoms with Gasteiger partial charge in [0.15, 0.2) is 0 Å². The van der Waals surface area contributed by atoms with E-state index >= 15 is 0 Å². The van der Waals surface area contributed by atoms with Gasteiger partial charge in [0.05, 0.1) is 17.3 Å². The normalized spacial score (nSPS) is 11.4. The molecule has 0 fully saturated rings. The molecule has 0 aliphatic heterocycles. The van der Waals surface area contributed by atoms with Crippen LogP contribution in [0.2, 0.25) is 5.02 Å². The highest BCUT2D eigenvalue weighted by Gasteiger charge is 2.26. The van der Waals surface area contributed by atoms with Gasteiger partial charge >= 0.3 is 0 Å². The van der Waals surface area contributed by atoms with Gasteiger partial charge in [-0.3, -0.25) is 9.10 Å². The third kappa shape index (κ3) is 4.75. The molecule has 1 amide bonds. The summed E-state index contributed by atoms with van der Waals surface area (Å²) in [5, 5.41) is 2.79.